The lowest BCUT2D eigenvalue weighted by molar-refractivity contribution is -0.130. The molecule has 1 amide bonds. The summed E-state index contributed by atoms with van der Waals surface area (Å²) in [7, 11) is -4.21. The van der Waals surface area contributed by atoms with Crippen LogP contribution in [0.3, 0.4) is 0 Å². The molecular formula is C23H17ClFNO4S. The van der Waals surface area contributed by atoms with Crippen LogP contribution in [0.4, 0.5) is 4.39 Å². The van der Waals surface area contributed by atoms with Gasteiger partial charge in [-0.2, -0.15) is 0 Å². The Balaban J connectivity index is 1.85. The van der Waals surface area contributed by atoms with Crippen LogP contribution < -0.4 is 0 Å². The van der Waals surface area contributed by atoms with Crippen molar-refractivity contribution in [3.63, 3.8) is 0 Å². The van der Waals surface area contributed by atoms with Crippen LogP contribution in [0, 0.1) is 5.82 Å². The summed E-state index contributed by atoms with van der Waals surface area (Å²) in [6.07, 6.45) is 0. The van der Waals surface area contributed by atoms with Crippen LogP contribution in [-0.4, -0.2) is 24.3 Å². The number of carbonyl (C=O) groups is 1. The molecule has 158 valence electrons. The first-order valence-electron chi connectivity index (χ1n) is 9.33. The molecule has 0 aromatic heterocycles. The van der Waals surface area contributed by atoms with Crippen molar-refractivity contribution in [3.8, 4) is 0 Å². The van der Waals surface area contributed by atoms with Gasteiger partial charge in [0.25, 0.3) is 5.91 Å². The Labute approximate surface area is 183 Å². The van der Waals surface area contributed by atoms with E-state index >= 15 is 0 Å². The molecule has 1 heterocycles. The molecule has 8 heteroatoms. The third-order valence-electron chi connectivity index (χ3n) is 5.05. The van der Waals surface area contributed by atoms with Gasteiger partial charge in [-0.25, -0.2) is 12.8 Å². The predicted molar refractivity (Wildman–Crippen MR) is 114 cm³/mol. The summed E-state index contributed by atoms with van der Waals surface area (Å²) in [5, 5.41) is 11.2. The van der Waals surface area contributed by atoms with E-state index in [-0.39, 0.29) is 11.4 Å². The molecule has 0 spiro atoms. The number of amides is 1. The third-order valence-corrected chi connectivity index (χ3v) is 7.19. The van der Waals surface area contributed by atoms with Crippen molar-refractivity contribution >= 4 is 27.3 Å². The van der Waals surface area contributed by atoms with Gasteiger partial charge in [-0.1, -0.05) is 54.1 Å². The van der Waals surface area contributed by atoms with Gasteiger partial charge in [0.1, 0.15) is 10.7 Å². The van der Waals surface area contributed by atoms with E-state index in [1.807, 2.05) is 0 Å². The number of halogens is 2. The highest BCUT2D eigenvalue weighted by Gasteiger charge is 2.46. The lowest BCUT2D eigenvalue weighted by atomic mass is 10.1. The number of sulfone groups is 1. The van der Waals surface area contributed by atoms with Gasteiger partial charge >= 0.3 is 0 Å². The topological polar surface area (TPSA) is 74.7 Å². The van der Waals surface area contributed by atoms with Crippen LogP contribution in [0.15, 0.2) is 94.4 Å². The predicted octanol–water partition coefficient (Wildman–Crippen LogP) is 4.81. The van der Waals surface area contributed by atoms with Gasteiger partial charge in [-0.15, -0.1) is 0 Å². The van der Waals surface area contributed by atoms with Crippen LogP contribution in [0.2, 0.25) is 5.02 Å². The number of hydrogen-bond donors (Lipinski definition) is 1. The molecule has 31 heavy (non-hydrogen) atoms. The van der Waals surface area contributed by atoms with Gasteiger partial charge in [-0.05, 0) is 47.5 Å². The Morgan fingerprint density at radius 1 is 0.935 bits per heavy atom. The molecule has 3 aromatic carbocycles. The number of benzene rings is 3. The zero-order chi connectivity index (χ0) is 22.2. The molecule has 5 nitrogen and oxygen atoms in total. The number of aliphatic hydroxyl groups is 1. The van der Waals surface area contributed by atoms with Gasteiger partial charge < -0.3 is 10.0 Å². The summed E-state index contributed by atoms with van der Waals surface area (Å²) < 4.78 is 40.3. The summed E-state index contributed by atoms with van der Waals surface area (Å²) in [6.45, 7) is 0.0237. The maximum absolute atomic E-state index is 13.5. The highest BCUT2D eigenvalue weighted by molar-refractivity contribution is 7.95. The van der Waals surface area contributed by atoms with Crippen LogP contribution in [0.1, 0.15) is 17.2 Å². The molecule has 1 N–H and O–H groups in total. The van der Waals surface area contributed by atoms with Crippen molar-refractivity contribution in [2.24, 2.45) is 0 Å². The summed E-state index contributed by atoms with van der Waals surface area (Å²) in [4.78, 5) is 13.7. The molecule has 0 unspecified atom stereocenters. The average Bonchev–Trinajstić information content (AvgIpc) is 3.02. The van der Waals surface area contributed by atoms with Crippen LogP contribution in [-0.2, 0) is 21.2 Å². The average molecular weight is 458 g/mol. The summed E-state index contributed by atoms with van der Waals surface area (Å²) in [5.41, 5.74) is 1.05. The molecule has 0 bridgehead atoms. The second kappa shape index (κ2) is 8.17. The van der Waals surface area contributed by atoms with Crippen molar-refractivity contribution in [2.45, 2.75) is 17.5 Å². The molecule has 0 aliphatic carbocycles. The van der Waals surface area contributed by atoms with E-state index in [9.17, 15) is 22.7 Å². The fraction of sp³-hybridized carbons (Fsp3) is 0.0870. The van der Waals surface area contributed by atoms with Crippen molar-refractivity contribution in [1.82, 2.24) is 4.90 Å². The first-order valence-corrected chi connectivity index (χ1v) is 11.2. The van der Waals surface area contributed by atoms with E-state index < -0.39 is 38.3 Å². The Bertz CT molecular complexity index is 1260. The second-order valence-electron chi connectivity index (χ2n) is 7.04. The molecule has 0 saturated carbocycles. The van der Waals surface area contributed by atoms with Crippen LogP contribution >= 0.6 is 11.6 Å². The number of rotatable bonds is 5. The Kier molecular flexibility index (Phi) is 5.56. The minimum atomic E-state index is -4.21. The Morgan fingerprint density at radius 2 is 1.55 bits per heavy atom. The lowest BCUT2D eigenvalue weighted by Crippen LogP contribution is -2.30. The zero-order valence-corrected chi connectivity index (χ0v) is 17.6. The first-order chi connectivity index (χ1) is 14.8. The summed E-state index contributed by atoms with van der Waals surface area (Å²) in [5.74, 6) is -2.16. The molecule has 0 radical (unpaired) electrons. The first kappa shape index (κ1) is 21.1. The van der Waals surface area contributed by atoms with E-state index in [1.165, 1.54) is 41.3 Å². The molecule has 3 aromatic rings. The normalized spacial score (nSPS) is 16.8. The Hall–Kier alpha value is -3.16. The highest BCUT2D eigenvalue weighted by atomic mass is 35.5. The Morgan fingerprint density at radius 3 is 2.16 bits per heavy atom. The van der Waals surface area contributed by atoms with Gasteiger partial charge in [0, 0.05) is 11.6 Å². The zero-order valence-electron chi connectivity index (χ0n) is 16.1. The van der Waals surface area contributed by atoms with Crippen molar-refractivity contribution in [1.29, 1.82) is 0 Å². The van der Waals surface area contributed by atoms with Gasteiger partial charge in [0.15, 0.2) is 5.76 Å². The van der Waals surface area contributed by atoms with Crippen LogP contribution in [0.5, 0.6) is 0 Å². The van der Waals surface area contributed by atoms with Crippen molar-refractivity contribution < 1.29 is 22.7 Å². The van der Waals surface area contributed by atoms with Crippen molar-refractivity contribution in [2.75, 3.05) is 0 Å². The van der Waals surface area contributed by atoms with Gasteiger partial charge in [0.2, 0.25) is 9.84 Å². The molecule has 0 saturated heterocycles. The molecular weight excluding hydrogens is 441 g/mol. The molecule has 1 atom stereocenters. The molecule has 1 aliphatic rings. The minimum Gasteiger partial charge on any atom is -0.502 e. The largest absolute Gasteiger partial charge is 0.502 e. The smallest absolute Gasteiger partial charge is 0.290 e. The maximum Gasteiger partial charge on any atom is 0.290 e. The second-order valence-corrected chi connectivity index (χ2v) is 9.40. The van der Waals surface area contributed by atoms with Crippen LogP contribution in [0.25, 0.3) is 0 Å². The van der Waals surface area contributed by atoms with E-state index in [0.29, 0.717) is 16.1 Å². The quantitative estimate of drug-likeness (QED) is 0.596. The maximum atomic E-state index is 13.5. The fourth-order valence-electron chi connectivity index (χ4n) is 3.56. The third kappa shape index (κ3) is 3.94. The number of hydrogen-bond acceptors (Lipinski definition) is 4. The highest BCUT2D eigenvalue weighted by Crippen LogP contribution is 2.43. The van der Waals surface area contributed by atoms with Gasteiger partial charge in [0.05, 0.1) is 10.9 Å². The molecule has 0 fully saturated rings. The monoisotopic (exact) mass is 457 g/mol. The molecule has 1 aliphatic heterocycles. The summed E-state index contributed by atoms with van der Waals surface area (Å²) >= 11 is 5.93. The standard InChI is InChI=1S/C23H17ClFNO4S/c24-17-10-6-15(7-11-17)14-26-20(16-8-12-18(25)13-9-16)22(21(27)23(26)28)31(29,30)19-4-2-1-3-5-19/h1-13,20,27H,14H2/t20-/m0/s1. The minimum absolute atomic E-state index is 0.0237. The van der Waals surface area contributed by atoms with E-state index in [2.05, 4.69) is 0 Å². The van der Waals surface area contributed by atoms with E-state index in [4.69, 9.17) is 11.6 Å². The SMILES string of the molecule is O=C1C(O)=C(S(=O)(=O)c2ccccc2)[C@H](c2ccc(F)cc2)N1Cc1ccc(Cl)cc1. The molecule has 4 rings (SSSR count). The number of aliphatic hydroxyl groups excluding tert-OH is 1. The number of carbonyl (C=O) groups excluding carboxylic acids is 1. The fourth-order valence-corrected chi connectivity index (χ4v) is 5.35. The summed E-state index contributed by atoms with van der Waals surface area (Å²) in [6, 6.07) is 18.3. The van der Waals surface area contributed by atoms with Gasteiger partial charge in [-0.3, -0.25) is 4.79 Å². The van der Waals surface area contributed by atoms with Crippen molar-refractivity contribution in [3.05, 3.63) is 111 Å². The lowest BCUT2D eigenvalue weighted by Gasteiger charge is -2.27. The van der Waals surface area contributed by atoms with E-state index in [1.54, 1.807) is 42.5 Å². The number of nitrogens with zero attached hydrogens (tertiary/aromatic N) is 1. The van der Waals surface area contributed by atoms with E-state index in [0.717, 1.165) is 0 Å².